The van der Waals surface area contributed by atoms with Crippen LogP contribution >= 0.6 is 0 Å². The molecule has 0 radical (unpaired) electrons. The average molecular weight is 276 g/mol. The van der Waals surface area contributed by atoms with Gasteiger partial charge in [0.05, 0.1) is 0 Å². The molecular weight excluding hydrogens is 252 g/mol. The van der Waals surface area contributed by atoms with E-state index in [9.17, 15) is 0 Å². The van der Waals surface area contributed by atoms with Gasteiger partial charge in [0.1, 0.15) is 0 Å². The zero-order valence-electron chi connectivity index (χ0n) is 12.2. The van der Waals surface area contributed by atoms with E-state index in [1.54, 1.807) is 0 Å². The van der Waals surface area contributed by atoms with Gasteiger partial charge in [-0.1, -0.05) is 12.5 Å². The van der Waals surface area contributed by atoms with Crippen LogP contribution in [0.5, 0.6) is 11.5 Å². The van der Waals surface area contributed by atoms with Crippen molar-refractivity contribution in [1.29, 1.82) is 0 Å². The van der Waals surface area contributed by atoms with E-state index in [1.807, 2.05) is 6.07 Å². The molecule has 0 aromatic heterocycles. The van der Waals surface area contributed by atoms with Crippen molar-refractivity contribution in [3.63, 3.8) is 0 Å². The first kappa shape index (κ1) is 13.7. The van der Waals surface area contributed by atoms with E-state index in [-0.39, 0.29) is 0 Å². The summed E-state index contributed by atoms with van der Waals surface area (Å²) in [4.78, 5) is 2.59. The Labute approximate surface area is 121 Å². The van der Waals surface area contributed by atoms with Gasteiger partial charge in [-0.05, 0) is 50.6 Å². The summed E-state index contributed by atoms with van der Waals surface area (Å²) in [6.45, 7) is 7.10. The third-order valence-electron chi connectivity index (χ3n) is 4.22. The molecule has 4 heteroatoms. The molecule has 1 aromatic carbocycles. The van der Waals surface area contributed by atoms with E-state index in [1.165, 1.54) is 37.9 Å². The summed E-state index contributed by atoms with van der Waals surface area (Å²) in [5.74, 6) is 1.73. The van der Waals surface area contributed by atoms with E-state index in [0.29, 0.717) is 12.8 Å². The molecule has 0 amide bonds. The highest BCUT2D eigenvalue weighted by molar-refractivity contribution is 5.44. The highest BCUT2D eigenvalue weighted by Gasteiger charge is 2.16. The van der Waals surface area contributed by atoms with Crippen LogP contribution in [0.2, 0.25) is 0 Å². The summed E-state index contributed by atoms with van der Waals surface area (Å²) in [7, 11) is 0. The van der Waals surface area contributed by atoms with Crippen LogP contribution in [-0.4, -0.2) is 37.4 Å². The van der Waals surface area contributed by atoms with Gasteiger partial charge in [-0.2, -0.15) is 0 Å². The van der Waals surface area contributed by atoms with E-state index in [4.69, 9.17) is 9.47 Å². The number of hydrogen-bond donors (Lipinski definition) is 1. The number of likely N-dealkylation sites (tertiary alicyclic amines) is 1. The van der Waals surface area contributed by atoms with Crippen LogP contribution in [0.15, 0.2) is 18.2 Å². The maximum atomic E-state index is 5.40. The molecule has 0 aliphatic carbocycles. The van der Waals surface area contributed by atoms with Crippen molar-refractivity contribution < 1.29 is 9.47 Å². The molecule has 0 saturated carbocycles. The molecule has 1 atom stereocenters. The second kappa shape index (κ2) is 6.46. The minimum atomic E-state index is 0.345. The van der Waals surface area contributed by atoms with Crippen LogP contribution in [0.4, 0.5) is 0 Å². The lowest BCUT2D eigenvalue weighted by Gasteiger charge is -2.32. The van der Waals surface area contributed by atoms with Crippen LogP contribution in [0.3, 0.4) is 0 Å². The van der Waals surface area contributed by atoms with E-state index >= 15 is 0 Å². The number of nitrogens with one attached hydrogen (secondary N) is 1. The van der Waals surface area contributed by atoms with Gasteiger partial charge in [0.15, 0.2) is 11.5 Å². The maximum absolute atomic E-state index is 5.40. The van der Waals surface area contributed by atoms with Crippen LogP contribution in [0.25, 0.3) is 0 Å². The summed E-state index contributed by atoms with van der Waals surface area (Å²) in [5, 5.41) is 3.55. The standard InChI is InChI=1S/C16H24N2O2/c1-13(18-7-3-2-4-8-18)10-17-11-14-5-6-15-16(9-14)20-12-19-15/h5-6,9,13,17H,2-4,7-8,10-12H2,1H3. The number of nitrogens with zero attached hydrogens (tertiary/aromatic N) is 1. The normalized spacial score (nSPS) is 20.1. The number of hydrogen-bond acceptors (Lipinski definition) is 4. The van der Waals surface area contributed by atoms with E-state index < -0.39 is 0 Å². The highest BCUT2D eigenvalue weighted by Crippen LogP contribution is 2.32. The molecular formula is C16H24N2O2. The molecule has 110 valence electrons. The zero-order chi connectivity index (χ0) is 13.8. The predicted molar refractivity (Wildman–Crippen MR) is 79.2 cm³/mol. The summed E-state index contributed by atoms with van der Waals surface area (Å²) in [6.07, 6.45) is 4.10. The Kier molecular flexibility index (Phi) is 4.43. The van der Waals surface area contributed by atoms with E-state index in [0.717, 1.165) is 24.6 Å². The number of rotatable bonds is 5. The fourth-order valence-electron chi connectivity index (χ4n) is 2.96. The molecule has 2 heterocycles. The minimum Gasteiger partial charge on any atom is -0.454 e. The number of piperidine rings is 1. The molecule has 1 unspecified atom stereocenters. The van der Waals surface area contributed by atoms with Crippen LogP contribution in [0, 0.1) is 0 Å². The largest absolute Gasteiger partial charge is 0.454 e. The highest BCUT2D eigenvalue weighted by atomic mass is 16.7. The van der Waals surface area contributed by atoms with Crippen molar-refractivity contribution in [2.24, 2.45) is 0 Å². The molecule has 4 nitrogen and oxygen atoms in total. The lowest BCUT2D eigenvalue weighted by molar-refractivity contribution is 0.170. The molecule has 2 aliphatic heterocycles. The van der Waals surface area contributed by atoms with Gasteiger partial charge in [-0.3, -0.25) is 4.90 Å². The Morgan fingerprint density at radius 2 is 1.95 bits per heavy atom. The fourth-order valence-corrected chi connectivity index (χ4v) is 2.96. The molecule has 1 fully saturated rings. The third-order valence-corrected chi connectivity index (χ3v) is 4.22. The molecule has 1 N–H and O–H groups in total. The molecule has 2 aliphatic rings. The lowest BCUT2D eigenvalue weighted by atomic mass is 10.1. The molecule has 0 spiro atoms. The quantitative estimate of drug-likeness (QED) is 0.895. The van der Waals surface area contributed by atoms with Crippen molar-refractivity contribution >= 4 is 0 Å². The Bertz CT molecular complexity index is 444. The Hall–Kier alpha value is -1.26. The van der Waals surface area contributed by atoms with Gasteiger partial charge in [0, 0.05) is 19.1 Å². The van der Waals surface area contributed by atoms with Crippen LogP contribution in [-0.2, 0) is 6.54 Å². The summed E-state index contributed by atoms with van der Waals surface area (Å²) in [5.41, 5.74) is 1.25. The second-order valence-electron chi connectivity index (χ2n) is 5.76. The van der Waals surface area contributed by atoms with Gasteiger partial charge in [-0.25, -0.2) is 0 Å². The molecule has 1 aromatic rings. The molecule has 3 rings (SSSR count). The minimum absolute atomic E-state index is 0.345. The number of ether oxygens (including phenoxy) is 2. The van der Waals surface area contributed by atoms with Gasteiger partial charge in [0.2, 0.25) is 6.79 Å². The van der Waals surface area contributed by atoms with Crippen LogP contribution in [0.1, 0.15) is 31.7 Å². The lowest BCUT2D eigenvalue weighted by Crippen LogP contribution is -2.42. The van der Waals surface area contributed by atoms with Gasteiger partial charge in [0.25, 0.3) is 0 Å². The summed E-state index contributed by atoms with van der Waals surface area (Å²) < 4.78 is 10.7. The van der Waals surface area contributed by atoms with Crippen molar-refractivity contribution in [2.45, 2.75) is 38.8 Å². The number of fused-ring (bicyclic) bond motifs is 1. The van der Waals surface area contributed by atoms with Gasteiger partial charge < -0.3 is 14.8 Å². The van der Waals surface area contributed by atoms with Crippen molar-refractivity contribution in [1.82, 2.24) is 10.2 Å². The van der Waals surface area contributed by atoms with Crippen molar-refractivity contribution in [3.8, 4) is 11.5 Å². The first-order valence-electron chi connectivity index (χ1n) is 7.66. The van der Waals surface area contributed by atoms with E-state index in [2.05, 4.69) is 29.3 Å². The van der Waals surface area contributed by atoms with Crippen molar-refractivity contribution in [2.75, 3.05) is 26.4 Å². The molecule has 20 heavy (non-hydrogen) atoms. The monoisotopic (exact) mass is 276 g/mol. The summed E-state index contributed by atoms with van der Waals surface area (Å²) >= 11 is 0. The molecule has 1 saturated heterocycles. The van der Waals surface area contributed by atoms with Crippen molar-refractivity contribution in [3.05, 3.63) is 23.8 Å². The third kappa shape index (κ3) is 3.25. The first-order chi connectivity index (χ1) is 9.83. The SMILES string of the molecule is CC(CNCc1ccc2c(c1)OCO2)N1CCCCC1. The topological polar surface area (TPSA) is 33.7 Å². The first-order valence-corrected chi connectivity index (χ1v) is 7.66. The van der Waals surface area contributed by atoms with Crippen LogP contribution < -0.4 is 14.8 Å². The number of benzene rings is 1. The second-order valence-corrected chi connectivity index (χ2v) is 5.76. The smallest absolute Gasteiger partial charge is 0.231 e. The maximum Gasteiger partial charge on any atom is 0.231 e. The Morgan fingerprint density at radius 1 is 1.15 bits per heavy atom. The van der Waals surface area contributed by atoms with Gasteiger partial charge >= 0.3 is 0 Å². The zero-order valence-corrected chi connectivity index (χ0v) is 12.2. The predicted octanol–water partition coefficient (Wildman–Crippen LogP) is 2.38. The average Bonchev–Trinajstić information content (AvgIpc) is 2.95. The molecule has 0 bridgehead atoms. The Balaban J connectivity index is 1.45. The fraction of sp³-hybridized carbons (Fsp3) is 0.625. The Morgan fingerprint density at radius 3 is 2.80 bits per heavy atom. The summed E-state index contributed by atoms with van der Waals surface area (Å²) in [6, 6.07) is 6.78. The van der Waals surface area contributed by atoms with Gasteiger partial charge in [-0.15, -0.1) is 0 Å².